The number of para-hydroxylation sites is 1. The minimum Gasteiger partial charge on any atom is -0.508 e. The molecule has 2 heterocycles. The molecule has 1 N–H and O–H groups in total. The molecule has 2 atom stereocenters. The highest BCUT2D eigenvalue weighted by molar-refractivity contribution is 5.41. The first-order valence-corrected chi connectivity index (χ1v) is 7.55. The van der Waals surface area contributed by atoms with Crippen molar-refractivity contribution in [1.29, 1.82) is 0 Å². The average molecular weight is 285 g/mol. The molecule has 1 aromatic heterocycles. The van der Waals surface area contributed by atoms with E-state index < -0.39 is 0 Å². The van der Waals surface area contributed by atoms with Gasteiger partial charge >= 0.3 is 0 Å². The maximum atomic E-state index is 10.3. The van der Waals surface area contributed by atoms with Gasteiger partial charge in [0, 0.05) is 24.5 Å². The van der Waals surface area contributed by atoms with Crippen LogP contribution in [-0.4, -0.2) is 21.4 Å². The number of hydrogen-bond donors (Lipinski definition) is 1. The highest BCUT2D eigenvalue weighted by Crippen LogP contribution is 2.42. The van der Waals surface area contributed by atoms with E-state index in [9.17, 15) is 5.11 Å². The fraction of sp³-hybridized carbons (Fsp3) is 0.444. The molecule has 0 amide bonds. The Morgan fingerprint density at radius 3 is 2.57 bits per heavy atom. The number of phenolic OH excluding ortho intramolecular Hbond substituents is 1. The molecular formula is C18H23NO2. The Balaban J connectivity index is 2.05. The van der Waals surface area contributed by atoms with E-state index in [-0.39, 0.29) is 17.6 Å². The molecule has 3 rings (SSSR count). The predicted octanol–water partition coefficient (Wildman–Crippen LogP) is 3.82. The lowest BCUT2D eigenvalue weighted by atomic mass is 9.88. The lowest BCUT2D eigenvalue weighted by Gasteiger charge is -2.28. The first kappa shape index (κ1) is 14.2. The maximum absolute atomic E-state index is 10.3. The first-order chi connectivity index (χ1) is 9.98. The second-order valence-electron chi connectivity index (χ2n) is 6.54. The number of aryl methyl sites for hydroxylation is 1. The SMILES string of the molecule is Cn1cccc1[C@H](c1ccccc1O)[C@H]1CCC(C)(C)O1. The smallest absolute Gasteiger partial charge is 0.119 e. The second-order valence-corrected chi connectivity index (χ2v) is 6.54. The zero-order chi connectivity index (χ0) is 15.0. The first-order valence-electron chi connectivity index (χ1n) is 7.55. The Bertz CT molecular complexity index is 630. The third kappa shape index (κ3) is 2.70. The van der Waals surface area contributed by atoms with Crippen molar-refractivity contribution < 1.29 is 9.84 Å². The topological polar surface area (TPSA) is 34.4 Å². The normalized spacial score (nSPS) is 22.3. The molecule has 1 aliphatic heterocycles. The van der Waals surface area contributed by atoms with E-state index in [1.165, 1.54) is 5.69 Å². The molecular weight excluding hydrogens is 262 g/mol. The molecule has 1 fully saturated rings. The van der Waals surface area contributed by atoms with Crippen LogP contribution in [0.4, 0.5) is 0 Å². The number of aromatic nitrogens is 1. The number of hydrogen-bond acceptors (Lipinski definition) is 2. The Morgan fingerprint density at radius 2 is 2.00 bits per heavy atom. The molecule has 0 saturated carbocycles. The van der Waals surface area contributed by atoms with Crippen LogP contribution >= 0.6 is 0 Å². The van der Waals surface area contributed by atoms with Gasteiger partial charge < -0.3 is 14.4 Å². The van der Waals surface area contributed by atoms with Crippen LogP contribution in [0.5, 0.6) is 5.75 Å². The van der Waals surface area contributed by atoms with Crippen molar-refractivity contribution in [1.82, 2.24) is 4.57 Å². The van der Waals surface area contributed by atoms with Crippen molar-refractivity contribution in [3.8, 4) is 5.75 Å². The monoisotopic (exact) mass is 285 g/mol. The molecule has 3 heteroatoms. The highest BCUT2D eigenvalue weighted by atomic mass is 16.5. The quantitative estimate of drug-likeness (QED) is 0.930. The molecule has 21 heavy (non-hydrogen) atoms. The molecule has 0 bridgehead atoms. The van der Waals surface area contributed by atoms with E-state index in [2.05, 4.69) is 24.5 Å². The third-order valence-corrected chi connectivity index (χ3v) is 4.45. The lowest BCUT2D eigenvalue weighted by molar-refractivity contribution is -0.0225. The Labute approximate surface area is 126 Å². The predicted molar refractivity (Wildman–Crippen MR) is 83.5 cm³/mol. The summed E-state index contributed by atoms with van der Waals surface area (Å²) >= 11 is 0. The van der Waals surface area contributed by atoms with Gasteiger partial charge in [-0.1, -0.05) is 18.2 Å². The maximum Gasteiger partial charge on any atom is 0.119 e. The van der Waals surface area contributed by atoms with Crippen LogP contribution in [0, 0.1) is 0 Å². The Hall–Kier alpha value is -1.74. The molecule has 1 aliphatic rings. The van der Waals surface area contributed by atoms with Crippen LogP contribution in [0.15, 0.2) is 42.6 Å². The van der Waals surface area contributed by atoms with Crippen LogP contribution in [0.3, 0.4) is 0 Å². The van der Waals surface area contributed by atoms with E-state index in [0.29, 0.717) is 5.75 Å². The Morgan fingerprint density at radius 1 is 1.24 bits per heavy atom. The van der Waals surface area contributed by atoms with Crippen molar-refractivity contribution in [3.63, 3.8) is 0 Å². The van der Waals surface area contributed by atoms with Gasteiger partial charge in [-0.15, -0.1) is 0 Å². The fourth-order valence-corrected chi connectivity index (χ4v) is 3.35. The van der Waals surface area contributed by atoms with Crippen molar-refractivity contribution in [2.45, 2.75) is 44.3 Å². The largest absolute Gasteiger partial charge is 0.508 e. The summed E-state index contributed by atoms with van der Waals surface area (Å²) in [4.78, 5) is 0. The van der Waals surface area contributed by atoms with Gasteiger partial charge in [0.25, 0.3) is 0 Å². The molecule has 0 unspecified atom stereocenters. The van der Waals surface area contributed by atoms with Crippen molar-refractivity contribution in [2.24, 2.45) is 7.05 Å². The zero-order valence-corrected chi connectivity index (χ0v) is 12.9. The van der Waals surface area contributed by atoms with Crippen molar-refractivity contribution >= 4 is 0 Å². The van der Waals surface area contributed by atoms with E-state index in [1.54, 1.807) is 6.07 Å². The van der Waals surface area contributed by atoms with Gasteiger partial charge in [0.1, 0.15) is 5.75 Å². The minimum atomic E-state index is -0.0848. The second kappa shape index (κ2) is 5.23. The van der Waals surface area contributed by atoms with Gasteiger partial charge in [0.2, 0.25) is 0 Å². The van der Waals surface area contributed by atoms with Crippen molar-refractivity contribution in [3.05, 3.63) is 53.9 Å². The number of nitrogens with zero attached hydrogens (tertiary/aromatic N) is 1. The summed E-state index contributed by atoms with van der Waals surface area (Å²) in [6.07, 6.45) is 4.20. The molecule has 112 valence electrons. The van der Waals surface area contributed by atoms with Crippen LogP contribution in [-0.2, 0) is 11.8 Å². The number of phenols is 1. The van der Waals surface area contributed by atoms with E-state index in [0.717, 1.165) is 18.4 Å². The average Bonchev–Trinajstić information content (AvgIpc) is 2.99. The molecule has 1 aromatic carbocycles. The standard InChI is InChI=1S/C18H23NO2/c1-18(2)11-10-16(21-18)17(14-8-6-12-19(14)3)13-7-4-5-9-15(13)20/h4-9,12,16-17,20H,10-11H2,1-3H3/t16-,17+/m1/s1. The van der Waals surface area contributed by atoms with Gasteiger partial charge in [-0.3, -0.25) is 0 Å². The van der Waals surface area contributed by atoms with Crippen LogP contribution < -0.4 is 0 Å². The molecule has 1 saturated heterocycles. The van der Waals surface area contributed by atoms with Crippen LogP contribution in [0.25, 0.3) is 0 Å². The van der Waals surface area contributed by atoms with E-state index >= 15 is 0 Å². The third-order valence-electron chi connectivity index (χ3n) is 4.45. The molecule has 0 spiro atoms. The number of benzene rings is 1. The van der Waals surface area contributed by atoms with Gasteiger partial charge in [-0.2, -0.15) is 0 Å². The summed E-state index contributed by atoms with van der Waals surface area (Å²) in [5.41, 5.74) is 2.04. The van der Waals surface area contributed by atoms with Crippen LogP contribution in [0.2, 0.25) is 0 Å². The lowest BCUT2D eigenvalue weighted by Crippen LogP contribution is -2.26. The molecule has 0 radical (unpaired) electrons. The summed E-state index contributed by atoms with van der Waals surface area (Å²) in [6, 6.07) is 11.8. The zero-order valence-electron chi connectivity index (χ0n) is 12.9. The van der Waals surface area contributed by atoms with Crippen LogP contribution in [0.1, 0.15) is 43.9 Å². The molecule has 0 aliphatic carbocycles. The summed E-state index contributed by atoms with van der Waals surface area (Å²) in [5.74, 6) is 0.407. The summed E-state index contributed by atoms with van der Waals surface area (Å²) in [7, 11) is 2.04. The fourth-order valence-electron chi connectivity index (χ4n) is 3.35. The highest BCUT2D eigenvalue weighted by Gasteiger charge is 2.39. The van der Waals surface area contributed by atoms with E-state index in [4.69, 9.17) is 4.74 Å². The molecule has 3 nitrogen and oxygen atoms in total. The summed E-state index contributed by atoms with van der Waals surface area (Å²) < 4.78 is 8.39. The molecule has 2 aromatic rings. The summed E-state index contributed by atoms with van der Waals surface area (Å²) in [5, 5.41) is 10.3. The number of rotatable bonds is 3. The number of ether oxygens (including phenoxy) is 1. The summed E-state index contributed by atoms with van der Waals surface area (Å²) in [6.45, 7) is 4.28. The van der Waals surface area contributed by atoms with Crippen molar-refractivity contribution in [2.75, 3.05) is 0 Å². The van der Waals surface area contributed by atoms with Gasteiger partial charge in [0.15, 0.2) is 0 Å². The number of aromatic hydroxyl groups is 1. The van der Waals surface area contributed by atoms with E-state index in [1.807, 2.05) is 37.5 Å². The minimum absolute atomic E-state index is 0.0629. The Kier molecular flexibility index (Phi) is 3.54. The van der Waals surface area contributed by atoms with Gasteiger partial charge in [-0.25, -0.2) is 0 Å². The van der Waals surface area contributed by atoms with Gasteiger partial charge in [-0.05, 0) is 44.9 Å². The van der Waals surface area contributed by atoms with Gasteiger partial charge in [0.05, 0.1) is 17.6 Å².